The smallest absolute Gasteiger partial charge is 0.244 e. The van der Waals surface area contributed by atoms with Crippen LogP contribution in [0.15, 0.2) is 41.3 Å². The summed E-state index contributed by atoms with van der Waals surface area (Å²) < 4.78 is 33.9. The van der Waals surface area contributed by atoms with E-state index in [1.54, 1.807) is 12.1 Å². The van der Waals surface area contributed by atoms with Crippen molar-refractivity contribution in [2.75, 3.05) is 12.8 Å². The number of anilines is 1. The van der Waals surface area contributed by atoms with Gasteiger partial charge in [0.1, 0.15) is 10.6 Å². The minimum Gasteiger partial charge on any atom is -0.495 e. The molecule has 7 heteroatoms. The molecule has 25 heavy (non-hydrogen) atoms. The number of nitrogens with one attached hydrogen (secondary N) is 1. The van der Waals surface area contributed by atoms with Crippen molar-refractivity contribution in [1.29, 1.82) is 0 Å². The molecule has 1 unspecified atom stereocenters. The van der Waals surface area contributed by atoms with Gasteiger partial charge in [0.15, 0.2) is 0 Å². The third-order valence-corrected chi connectivity index (χ3v) is 5.88. The summed E-state index contributed by atoms with van der Waals surface area (Å²) in [5, 5.41) is 0. The molecular formula is C18H23ClN2O3S. The van der Waals surface area contributed by atoms with Crippen molar-refractivity contribution in [2.24, 2.45) is 0 Å². The Morgan fingerprint density at radius 2 is 1.96 bits per heavy atom. The molecule has 0 aliphatic heterocycles. The van der Waals surface area contributed by atoms with Crippen LogP contribution < -0.4 is 15.2 Å². The first-order valence-electron chi connectivity index (χ1n) is 7.96. The second-order valence-electron chi connectivity index (χ2n) is 6.18. The number of halogens is 1. The number of hydrogen-bond donors (Lipinski definition) is 2. The minimum absolute atomic E-state index is 0. The van der Waals surface area contributed by atoms with E-state index in [0.717, 1.165) is 36.0 Å². The van der Waals surface area contributed by atoms with E-state index in [1.807, 2.05) is 31.2 Å². The minimum atomic E-state index is -3.68. The van der Waals surface area contributed by atoms with Crippen molar-refractivity contribution in [3.63, 3.8) is 0 Å². The maximum Gasteiger partial charge on any atom is 0.244 e. The molecule has 0 fully saturated rings. The number of methoxy groups -OCH3 is 1. The largest absolute Gasteiger partial charge is 0.495 e. The van der Waals surface area contributed by atoms with Crippen LogP contribution >= 0.6 is 12.4 Å². The monoisotopic (exact) mass is 382 g/mol. The Hall–Kier alpha value is -1.76. The topological polar surface area (TPSA) is 81.4 Å². The van der Waals surface area contributed by atoms with Crippen LogP contribution in [0.25, 0.3) is 0 Å². The number of nitrogens with two attached hydrogens (primary N) is 1. The summed E-state index contributed by atoms with van der Waals surface area (Å²) in [6, 6.07) is 10.6. The first kappa shape index (κ1) is 19.6. The number of hydrogen-bond acceptors (Lipinski definition) is 4. The van der Waals surface area contributed by atoms with Crippen LogP contribution in [0, 0.1) is 6.92 Å². The second-order valence-corrected chi connectivity index (χ2v) is 7.86. The van der Waals surface area contributed by atoms with Crippen LogP contribution in [-0.2, 0) is 16.4 Å². The SMILES string of the molecule is COc1ccc(C)cc1S(=O)(=O)NC1CCCc2cc(N)ccc21.Cl. The third kappa shape index (κ3) is 4.08. The molecule has 0 saturated heterocycles. The van der Waals surface area contributed by atoms with Crippen molar-refractivity contribution >= 4 is 28.1 Å². The number of sulfonamides is 1. The summed E-state index contributed by atoms with van der Waals surface area (Å²) >= 11 is 0. The first-order valence-corrected chi connectivity index (χ1v) is 9.44. The van der Waals surface area contributed by atoms with Crippen LogP contribution in [0.2, 0.25) is 0 Å². The fourth-order valence-electron chi connectivity index (χ4n) is 3.20. The van der Waals surface area contributed by atoms with Crippen molar-refractivity contribution in [3.05, 3.63) is 53.1 Å². The molecule has 0 heterocycles. The van der Waals surface area contributed by atoms with Crippen molar-refractivity contribution in [1.82, 2.24) is 4.72 Å². The number of benzene rings is 2. The Morgan fingerprint density at radius 1 is 1.20 bits per heavy atom. The van der Waals surface area contributed by atoms with Gasteiger partial charge >= 0.3 is 0 Å². The lowest BCUT2D eigenvalue weighted by molar-refractivity contribution is 0.401. The Morgan fingerprint density at radius 3 is 2.68 bits per heavy atom. The molecule has 3 N–H and O–H groups in total. The summed E-state index contributed by atoms with van der Waals surface area (Å²) in [6.07, 6.45) is 2.62. The molecule has 1 atom stereocenters. The molecule has 1 aliphatic rings. The number of ether oxygens (including phenoxy) is 1. The van der Waals surface area contributed by atoms with Crippen LogP contribution in [0.4, 0.5) is 5.69 Å². The van der Waals surface area contributed by atoms with Gasteiger partial charge in [0.25, 0.3) is 0 Å². The van der Waals surface area contributed by atoms with E-state index < -0.39 is 10.0 Å². The fourth-order valence-corrected chi connectivity index (χ4v) is 4.70. The van der Waals surface area contributed by atoms with Gasteiger partial charge in [-0.05, 0) is 67.1 Å². The van der Waals surface area contributed by atoms with E-state index in [1.165, 1.54) is 7.11 Å². The lowest BCUT2D eigenvalue weighted by Gasteiger charge is -2.27. The van der Waals surface area contributed by atoms with Crippen LogP contribution in [-0.4, -0.2) is 15.5 Å². The maximum absolute atomic E-state index is 12.9. The van der Waals surface area contributed by atoms with Gasteiger partial charge in [0, 0.05) is 11.7 Å². The number of nitrogen functional groups attached to an aromatic ring is 1. The quantitative estimate of drug-likeness (QED) is 0.794. The molecule has 0 amide bonds. The molecule has 2 aromatic rings. The first-order chi connectivity index (χ1) is 11.4. The molecule has 0 aromatic heterocycles. The summed E-state index contributed by atoms with van der Waals surface area (Å²) in [6.45, 7) is 1.86. The fraction of sp³-hybridized carbons (Fsp3) is 0.333. The van der Waals surface area contributed by atoms with E-state index in [0.29, 0.717) is 11.4 Å². The molecule has 0 saturated carbocycles. The Bertz CT molecular complexity index is 869. The molecule has 5 nitrogen and oxygen atoms in total. The van der Waals surface area contributed by atoms with E-state index in [9.17, 15) is 8.42 Å². The van der Waals surface area contributed by atoms with Gasteiger partial charge < -0.3 is 10.5 Å². The Kier molecular flexibility index (Phi) is 5.98. The highest BCUT2D eigenvalue weighted by atomic mass is 35.5. The van der Waals surface area contributed by atoms with Crippen LogP contribution in [0.5, 0.6) is 5.75 Å². The van der Waals surface area contributed by atoms with Gasteiger partial charge in [-0.15, -0.1) is 12.4 Å². The highest BCUT2D eigenvalue weighted by molar-refractivity contribution is 7.89. The van der Waals surface area contributed by atoms with E-state index in [-0.39, 0.29) is 23.3 Å². The van der Waals surface area contributed by atoms with Crippen molar-refractivity contribution in [3.8, 4) is 5.75 Å². The Labute approximate surface area is 155 Å². The van der Waals surface area contributed by atoms with Crippen molar-refractivity contribution in [2.45, 2.75) is 37.1 Å². The maximum atomic E-state index is 12.9. The number of rotatable bonds is 4. The second kappa shape index (κ2) is 7.64. The van der Waals surface area contributed by atoms with Gasteiger partial charge in [-0.25, -0.2) is 13.1 Å². The molecule has 0 bridgehead atoms. The normalized spacial score (nSPS) is 16.6. The van der Waals surface area contributed by atoms with Crippen LogP contribution in [0.3, 0.4) is 0 Å². The molecular weight excluding hydrogens is 360 g/mol. The zero-order valence-electron chi connectivity index (χ0n) is 14.3. The van der Waals surface area contributed by atoms with Gasteiger partial charge in [-0.3, -0.25) is 0 Å². The summed E-state index contributed by atoms with van der Waals surface area (Å²) in [5.41, 5.74) is 9.54. The van der Waals surface area contributed by atoms with E-state index >= 15 is 0 Å². The molecule has 0 radical (unpaired) electrons. The predicted octanol–water partition coefficient (Wildman–Crippen LogP) is 3.36. The third-order valence-electron chi connectivity index (χ3n) is 4.39. The van der Waals surface area contributed by atoms with Crippen LogP contribution in [0.1, 0.15) is 35.6 Å². The lowest BCUT2D eigenvalue weighted by Crippen LogP contribution is -2.31. The van der Waals surface area contributed by atoms with Gasteiger partial charge in [0.05, 0.1) is 7.11 Å². The summed E-state index contributed by atoms with van der Waals surface area (Å²) in [7, 11) is -2.21. The highest BCUT2D eigenvalue weighted by Crippen LogP contribution is 2.33. The lowest BCUT2D eigenvalue weighted by atomic mass is 9.88. The number of aryl methyl sites for hydroxylation is 2. The Balaban J connectivity index is 0.00000225. The average molecular weight is 383 g/mol. The summed E-state index contributed by atoms with van der Waals surface area (Å²) in [4.78, 5) is 0.174. The molecule has 0 spiro atoms. The predicted molar refractivity (Wildman–Crippen MR) is 102 cm³/mol. The molecule has 3 rings (SSSR count). The number of fused-ring (bicyclic) bond motifs is 1. The molecule has 2 aromatic carbocycles. The molecule has 136 valence electrons. The summed E-state index contributed by atoms with van der Waals surface area (Å²) in [5.74, 6) is 0.349. The standard InChI is InChI=1S/C18H22N2O3S.ClH/c1-12-6-9-17(23-2)18(10-12)24(21,22)20-16-5-3-4-13-11-14(19)7-8-15(13)16;/h6-11,16,20H,3-5,19H2,1-2H3;1H. The van der Waals surface area contributed by atoms with Gasteiger partial charge in [-0.1, -0.05) is 12.1 Å². The molecule has 1 aliphatic carbocycles. The van der Waals surface area contributed by atoms with Crippen molar-refractivity contribution < 1.29 is 13.2 Å². The highest BCUT2D eigenvalue weighted by Gasteiger charge is 2.27. The van der Waals surface area contributed by atoms with Gasteiger partial charge in [0.2, 0.25) is 10.0 Å². The average Bonchev–Trinajstić information content (AvgIpc) is 2.54. The van der Waals surface area contributed by atoms with E-state index in [2.05, 4.69) is 4.72 Å². The van der Waals surface area contributed by atoms with E-state index in [4.69, 9.17) is 10.5 Å². The zero-order chi connectivity index (χ0) is 17.3. The zero-order valence-corrected chi connectivity index (χ0v) is 15.9. The van der Waals surface area contributed by atoms with Gasteiger partial charge in [-0.2, -0.15) is 0 Å².